The van der Waals surface area contributed by atoms with E-state index in [9.17, 15) is 5.21 Å². The second-order valence-electron chi connectivity index (χ2n) is 4.39. The average molecular weight is 264 g/mol. The molecule has 1 aromatic carbocycles. The zero-order valence-corrected chi connectivity index (χ0v) is 10.9. The van der Waals surface area contributed by atoms with Crippen LogP contribution in [-0.2, 0) is 0 Å². The van der Waals surface area contributed by atoms with Crippen LogP contribution >= 0.6 is 0 Å². The lowest BCUT2D eigenvalue weighted by Gasteiger charge is -2.06. The zero-order chi connectivity index (χ0) is 13.9. The Bertz CT molecular complexity index is 744. The van der Waals surface area contributed by atoms with Gasteiger partial charge in [0, 0.05) is 11.3 Å². The summed E-state index contributed by atoms with van der Waals surface area (Å²) in [7, 11) is 0. The highest BCUT2D eigenvalue weighted by atomic mass is 16.5. The second kappa shape index (κ2) is 5.05. The number of aryl methyl sites for hydroxylation is 1. The maximum Gasteiger partial charge on any atom is 0.379 e. The molecule has 5 heteroatoms. The average Bonchev–Trinajstić information content (AvgIpc) is 2.48. The van der Waals surface area contributed by atoms with Gasteiger partial charge in [-0.25, -0.2) is 9.71 Å². The van der Waals surface area contributed by atoms with E-state index in [1.165, 1.54) is 6.20 Å². The molecule has 0 amide bonds. The van der Waals surface area contributed by atoms with E-state index < -0.39 is 0 Å². The van der Waals surface area contributed by atoms with E-state index in [1.807, 2.05) is 49.4 Å². The van der Waals surface area contributed by atoms with Crippen LogP contribution in [0, 0.1) is 12.1 Å². The fourth-order valence-electron chi connectivity index (χ4n) is 1.92. The minimum absolute atomic E-state index is 0.202. The molecule has 2 heterocycles. The lowest BCUT2D eigenvalue weighted by Crippen LogP contribution is -2.31. The minimum Gasteiger partial charge on any atom is -0.710 e. The summed E-state index contributed by atoms with van der Waals surface area (Å²) in [5.41, 5.74) is 2.74. The van der Waals surface area contributed by atoms with Crippen molar-refractivity contribution in [2.75, 3.05) is 0 Å². The summed E-state index contributed by atoms with van der Waals surface area (Å²) in [5, 5.41) is 20.2. The number of hydrogen-bond acceptors (Lipinski definition) is 4. The van der Waals surface area contributed by atoms with E-state index in [4.69, 9.17) is 0 Å². The van der Waals surface area contributed by atoms with Crippen molar-refractivity contribution in [3.63, 3.8) is 0 Å². The van der Waals surface area contributed by atoms with Gasteiger partial charge < -0.3 is 5.21 Å². The molecule has 0 aliphatic heterocycles. The van der Waals surface area contributed by atoms with Gasteiger partial charge in [-0.05, 0) is 24.2 Å². The summed E-state index contributed by atoms with van der Waals surface area (Å²) in [6.07, 6.45) is 1.42. The molecule has 0 aliphatic carbocycles. The second-order valence-corrected chi connectivity index (χ2v) is 4.39. The highest BCUT2D eigenvalue weighted by molar-refractivity contribution is 5.57. The third-order valence-corrected chi connectivity index (χ3v) is 2.89. The van der Waals surface area contributed by atoms with Crippen LogP contribution in [0.15, 0.2) is 54.7 Å². The van der Waals surface area contributed by atoms with E-state index in [2.05, 4.69) is 15.2 Å². The Balaban J connectivity index is 2.04. The van der Waals surface area contributed by atoms with Gasteiger partial charge in [-0.2, -0.15) is 0 Å². The van der Waals surface area contributed by atoms with Crippen LogP contribution in [0.5, 0.6) is 0 Å². The maximum atomic E-state index is 12.1. The van der Waals surface area contributed by atoms with Crippen molar-refractivity contribution < 1.29 is 4.73 Å². The van der Waals surface area contributed by atoms with E-state index in [-0.39, 0.29) is 5.82 Å². The van der Waals surface area contributed by atoms with E-state index in [0.717, 1.165) is 11.3 Å². The molecule has 2 aromatic heterocycles. The molecule has 0 unspecified atom stereocenters. The third kappa shape index (κ3) is 2.33. The van der Waals surface area contributed by atoms with Gasteiger partial charge in [0.15, 0.2) is 11.4 Å². The zero-order valence-electron chi connectivity index (χ0n) is 10.9. The van der Waals surface area contributed by atoms with Crippen molar-refractivity contribution in [2.24, 2.45) is 0 Å². The number of hydrogen-bond donors (Lipinski definition) is 0. The van der Waals surface area contributed by atoms with Crippen molar-refractivity contribution in [3.05, 3.63) is 65.6 Å². The van der Waals surface area contributed by atoms with Crippen LogP contribution in [0.1, 0.15) is 5.69 Å². The molecule has 3 rings (SSSR count). The van der Waals surface area contributed by atoms with Crippen LogP contribution in [0.25, 0.3) is 22.8 Å². The number of benzene rings is 1. The van der Waals surface area contributed by atoms with Crippen LogP contribution in [0.3, 0.4) is 0 Å². The quantitative estimate of drug-likeness (QED) is 0.525. The summed E-state index contributed by atoms with van der Waals surface area (Å²) < 4.78 is 0.705. The Hall–Kier alpha value is -2.82. The fraction of sp³-hybridized carbons (Fsp3) is 0.0667. The van der Waals surface area contributed by atoms with Crippen molar-refractivity contribution in [3.8, 4) is 22.8 Å². The van der Waals surface area contributed by atoms with Gasteiger partial charge in [0.1, 0.15) is 6.20 Å². The Labute approximate surface area is 116 Å². The Kier molecular flexibility index (Phi) is 3.09. The molecular weight excluding hydrogens is 252 g/mol. The molecule has 98 valence electrons. The highest BCUT2D eigenvalue weighted by Gasteiger charge is 2.16. The Morgan fingerprint density at radius 1 is 0.900 bits per heavy atom. The SMILES string of the molecule is Cc1cccc(-c2nnc(-c3ccccc3)c[n+]2[O-])n1. The number of aromatic nitrogens is 4. The summed E-state index contributed by atoms with van der Waals surface area (Å²) in [6, 6.07) is 14.9. The number of nitrogens with zero attached hydrogens (tertiary/aromatic N) is 4. The van der Waals surface area contributed by atoms with E-state index >= 15 is 0 Å². The summed E-state index contributed by atoms with van der Waals surface area (Å²) >= 11 is 0. The molecule has 0 N–H and O–H groups in total. The Morgan fingerprint density at radius 3 is 2.40 bits per heavy atom. The van der Waals surface area contributed by atoms with Crippen LogP contribution in [0.2, 0.25) is 0 Å². The fourth-order valence-corrected chi connectivity index (χ4v) is 1.92. The van der Waals surface area contributed by atoms with Gasteiger partial charge in [0.05, 0.1) is 5.10 Å². The highest BCUT2D eigenvalue weighted by Crippen LogP contribution is 2.15. The van der Waals surface area contributed by atoms with Crippen LogP contribution < -0.4 is 4.73 Å². The molecule has 0 saturated heterocycles. The lowest BCUT2D eigenvalue weighted by atomic mass is 10.2. The molecule has 0 fully saturated rings. The number of pyridine rings is 1. The van der Waals surface area contributed by atoms with Gasteiger partial charge >= 0.3 is 5.82 Å². The van der Waals surface area contributed by atoms with Crippen LogP contribution in [-0.4, -0.2) is 15.2 Å². The van der Waals surface area contributed by atoms with Crippen molar-refractivity contribution in [1.82, 2.24) is 15.2 Å². The van der Waals surface area contributed by atoms with Gasteiger partial charge in [-0.1, -0.05) is 36.4 Å². The Morgan fingerprint density at radius 2 is 1.70 bits per heavy atom. The van der Waals surface area contributed by atoms with Gasteiger partial charge in [0.2, 0.25) is 0 Å². The van der Waals surface area contributed by atoms with Crippen LogP contribution in [0.4, 0.5) is 0 Å². The molecular formula is C15H12N4O. The van der Waals surface area contributed by atoms with Gasteiger partial charge in [-0.3, -0.25) is 0 Å². The van der Waals surface area contributed by atoms with Crippen molar-refractivity contribution in [1.29, 1.82) is 0 Å². The number of rotatable bonds is 2. The molecule has 0 radical (unpaired) electrons. The monoisotopic (exact) mass is 264 g/mol. The molecule has 0 bridgehead atoms. The smallest absolute Gasteiger partial charge is 0.379 e. The topological polar surface area (TPSA) is 65.6 Å². The predicted octanol–water partition coefficient (Wildman–Crippen LogP) is 2.15. The largest absolute Gasteiger partial charge is 0.710 e. The molecule has 5 nitrogen and oxygen atoms in total. The molecule has 3 aromatic rings. The molecule has 0 atom stereocenters. The lowest BCUT2D eigenvalue weighted by molar-refractivity contribution is -0.597. The first-order valence-electron chi connectivity index (χ1n) is 6.20. The van der Waals surface area contributed by atoms with Gasteiger partial charge in [0.25, 0.3) is 0 Å². The first-order chi connectivity index (χ1) is 9.74. The minimum atomic E-state index is 0.202. The molecule has 0 spiro atoms. The van der Waals surface area contributed by atoms with E-state index in [0.29, 0.717) is 16.1 Å². The van der Waals surface area contributed by atoms with Crippen molar-refractivity contribution in [2.45, 2.75) is 6.92 Å². The molecule has 20 heavy (non-hydrogen) atoms. The predicted molar refractivity (Wildman–Crippen MR) is 74.4 cm³/mol. The van der Waals surface area contributed by atoms with E-state index in [1.54, 1.807) is 6.07 Å². The summed E-state index contributed by atoms with van der Waals surface area (Å²) in [6.45, 7) is 1.87. The maximum absolute atomic E-state index is 12.1. The normalized spacial score (nSPS) is 10.4. The molecule has 0 saturated carbocycles. The third-order valence-electron chi connectivity index (χ3n) is 2.89. The first-order valence-corrected chi connectivity index (χ1v) is 6.20. The summed E-state index contributed by atoms with van der Waals surface area (Å²) in [5.74, 6) is 0.202. The van der Waals surface area contributed by atoms with Crippen molar-refractivity contribution >= 4 is 0 Å². The summed E-state index contributed by atoms with van der Waals surface area (Å²) in [4.78, 5) is 4.28. The van der Waals surface area contributed by atoms with Gasteiger partial charge in [-0.15, -0.1) is 0 Å². The standard InChI is InChI=1S/C15H12N4O/c1-11-6-5-9-13(16-11)15-18-17-14(10-19(15)20)12-7-3-2-4-8-12/h2-10H,1H3. The first kappa shape index (κ1) is 12.2. The molecule has 0 aliphatic rings.